The Kier molecular flexibility index (Phi) is 7.60. The molecule has 2 N–H and O–H groups in total. The summed E-state index contributed by atoms with van der Waals surface area (Å²) in [5.74, 6) is -0.215. The highest BCUT2D eigenvalue weighted by Crippen LogP contribution is 2.10. The van der Waals surface area contributed by atoms with Crippen LogP contribution in [0, 0.1) is 11.6 Å². The molecule has 0 saturated carbocycles. The lowest BCUT2D eigenvalue weighted by Gasteiger charge is -2.11. The van der Waals surface area contributed by atoms with E-state index >= 15 is 0 Å². The van der Waals surface area contributed by atoms with Gasteiger partial charge in [-0.3, -0.25) is 4.99 Å². The highest BCUT2D eigenvalue weighted by atomic mass is 35.5. The molecule has 0 atom stereocenters. The number of halogens is 3. The fraction of sp³-hybridized carbons (Fsp3) is 0.333. The van der Waals surface area contributed by atoms with E-state index in [1.807, 2.05) is 13.0 Å². The molecule has 0 bridgehead atoms. The first-order valence-corrected chi connectivity index (χ1v) is 8.53. The van der Waals surface area contributed by atoms with E-state index < -0.39 is 11.6 Å². The summed E-state index contributed by atoms with van der Waals surface area (Å²) in [7, 11) is 0. The Balaban J connectivity index is 1.85. The van der Waals surface area contributed by atoms with Gasteiger partial charge in [0.1, 0.15) is 16.8 Å². The van der Waals surface area contributed by atoms with Crippen molar-refractivity contribution in [3.05, 3.63) is 64.4 Å². The Bertz CT molecular complexity index is 705. The largest absolute Gasteiger partial charge is 0.357 e. The minimum atomic E-state index is -0.443. The molecule has 2 aromatic rings. The molecular formula is C18H21ClF2N4. The molecule has 1 aromatic heterocycles. The van der Waals surface area contributed by atoms with Crippen molar-refractivity contribution in [2.24, 2.45) is 4.99 Å². The van der Waals surface area contributed by atoms with Crippen LogP contribution in [-0.2, 0) is 12.8 Å². The molecule has 2 rings (SSSR count). The summed E-state index contributed by atoms with van der Waals surface area (Å²) in [4.78, 5) is 8.43. The van der Waals surface area contributed by atoms with Crippen molar-refractivity contribution >= 4 is 17.6 Å². The molecule has 1 heterocycles. The van der Waals surface area contributed by atoms with Crippen LogP contribution in [0.2, 0.25) is 5.15 Å². The summed E-state index contributed by atoms with van der Waals surface area (Å²) >= 11 is 5.76. The number of rotatable bonds is 7. The van der Waals surface area contributed by atoms with Gasteiger partial charge in [0.15, 0.2) is 5.96 Å². The molecule has 0 saturated heterocycles. The third kappa shape index (κ3) is 6.66. The maximum absolute atomic E-state index is 13.6. The van der Waals surface area contributed by atoms with Crippen molar-refractivity contribution in [1.29, 1.82) is 0 Å². The van der Waals surface area contributed by atoms with Crippen LogP contribution in [0.15, 0.2) is 41.5 Å². The Morgan fingerprint density at radius 1 is 1.16 bits per heavy atom. The van der Waals surface area contributed by atoms with Crippen molar-refractivity contribution in [3.63, 3.8) is 0 Å². The van der Waals surface area contributed by atoms with E-state index in [0.29, 0.717) is 42.7 Å². The summed E-state index contributed by atoms with van der Waals surface area (Å²) in [5, 5.41) is 6.80. The van der Waals surface area contributed by atoms with E-state index in [4.69, 9.17) is 11.6 Å². The van der Waals surface area contributed by atoms with Gasteiger partial charge < -0.3 is 10.6 Å². The van der Waals surface area contributed by atoms with Gasteiger partial charge in [0, 0.05) is 25.8 Å². The molecule has 134 valence electrons. The molecule has 0 amide bonds. The van der Waals surface area contributed by atoms with Crippen LogP contribution in [0.5, 0.6) is 0 Å². The molecule has 0 aliphatic rings. The summed E-state index contributed by atoms with van der Waals surface area (Å²) in [5.41, 5.74) is 1.39. The fourth-order valence-electron chi connectivity index (χ4n) is 2.24. The lowest BCUT2D eigenvalue weighted by atomic mass is 10.1. The number of hydrogen-bond donors (Lipinski definition) is 2. The fourth-order valence-corrected chi connectivity index (χ4v) is 2.36. The highest BCUT2D eigenvalue weighted by Gasteiger charge is 2.04. The molecule has 0 spiro atoms. The van der Waals surface area contributed by atoms with E-state index in [-0.39, 0.29) is 0 Å². The van der Waals surface area contributed by atoms with Crippen LogP contribution >= 0.6 is 11.6 Å². The summed E-state index contributed by atoms with van der Waals surface area (Å²) < 4.78 is 26.8. The summed E-state index contributed by atoms with van der Waals surface area (Å²) in [6, 6.07) is 7.13. The predicted molar refractivity (Wildman–Crippen MR) is 97.0 cm³/mol. The molecule has 0 radical (unpaired) electrons. The van der Waals surface area contributed by atoms with Crippen LogP contribution in [0.4, 0.5) is 8.78 Å². The molecule has 4 nitrogen and oxygen atoms in total. The van der Waals surface area contributed by atoms with Gasteiger partial charge in [0.2, 0.25) is 0 Å². The minimum absolute atomic E-state index is 0.326. The number of benzene rings is 1. The van der Waals surface area contributed by atoms with Gasteiger partial charge in [-0.15, -0.1) is 0 Å². The standard InChI is InChI=1S/C18H21ClF2N4/c1-2-22-18(23-9-7-13-3-6-17(19)25-12-13)24-10-8-14-11-15(20)4-5-16(14)21/h3-6,11-12H,2,7-10H2,1H3,(H2,22,23,24). The third-order valence-electron chi connectivity index (χ3n) is 3.50. The molecular weight excluding hydrogens is 346 g/mol. The number of guanidine groups is 1. The topological polar surface area (TPSA) is 49.3 Å². The average molecular weight is 367 g/mol. The zero-order valence-electron chi connectivity index (χ0n) is 14.0. The van der Waals surface area contributed by atoms with E-state index in [0.717, 1.165) is 24.1 Å². The molecule has 0 fully saturated rings. The maximum atomic E-state index is 13.6. The van der Waals surface area contributed by atoms with Crippen molar-refractivity contribution in [3.8, 4) is 0 Å². The quantitative estimate of drug-likeness (QED) is 0.449. The van der Waals surface area contributed by atoms with Gasteiger partial charge in [-0.25, -0.2) is 13.8 Å². The monoisotopic (exact) mass is 366 g/mol. The number of pyridine rings is 1. The number of aromatic nitrogens is 1. The van der Waals surface area contributed by atoms with Crippen LogP contribution in [0.1, 0.15) is 18.1 Å². The van der Waals surface area contributed by atoms with E-state index in [1.54, 1.807) is 12.3 Å². The zero-order valence-corrected chi connectivity index (χ0v) is 14.8. The van der Waals surface area contributed by atoms with Crippen molar-refractivity contribution in [1.82, 2.24) is 15.6 Å². The normalized spacial score (nSPS) is 11.4. The van der Waals surface area contributed by atoms with Gasteiger partial charge in [0.05, 0.1) is 0 Å². The second kappa shape index (κ2) is 9.93. The molecule has 0 aliphatic carbocycles. The van der Waals surface area contributed by atoms with Gasteiger partial charge in [-0.2, -0.15) is 0 Å². The molecule has 1 aromatic carbocycles. The first kappa shape index (κ1) is 19.1. The van der Waals surface area contributed by atoms with Crippen molar-refractivity contribution in [2.75, 3.05) is 19.6 Å². The van der Waals surface area contributed by atoms with E-state index in [1.165, 1.54) is 6.07 Å². The Morgan fingerprint density at radius 3 is 2.72 bits per heavy atom. The average Bonchev–Trinajstić information content (AvgIpc) is 2.59. The van der Waals surface area contributed by atoms with Crippen LogP contribution in [0.3, 0.4) is 0 Å². The maximum Gasteiger partial charge on any atom is 0.191 e. The molecule has 7 heteroatoms. The lowest BCUT2D eigenvalue weighted by molar-refractivity contribution is 0.585. The highest BCUT2D eigenvalue weighted by molar-refractivity contribution is 6.29. The Labute approximate surface area is 151 Å². The summed E-state index contributed by atoms with van der Waals surface area (Å²) in [6.45, 7) is 3.71. The number of nitrogens with one attached hydrogen (secondary N) is 2. The first-order chi connectivity index (χ1) is 12.1. The van der Waals surface area contributed by atoms with Gasteiger partial charge in [-0.05, 0) is 55.2 Å². The van der Waals surface area contributed by atoms with Gasteiger partial charge in [0.25, 0.3) is 0 Å². The number of nitrogens with zero attached hydrogens (tertiary/aromatic N) is 2. The second-order valence-electron chi connectivity index (χ2n) is 5.41. The molecule has 25 heavy (non-hydrogen) atoms. The number of aliphatic imine (C=N–C) groups is 1. The van der Waals surface area contributed by atoms with Gasteiger partial charge in [-0.1, -0.05) is 17.7 Å². The van der Waals surface area contributed by atoms with E-state index in [2.05, 4.69) is 20.6 Å². The van der Waals surface area contributed by atoms with Crippen molar-refractivity contribution in [2.45, 2.75) is 19.8 Å². The van der Waals surface area contributed by atoms with Crippen LogP contribution < -0.4 is 10.6 Å². The zero-order chi connectivity index (χ0) is 18.1. The minimum Gasteiger partial charge on any atom is -0.357 e. The predicted octanol–water partition coefficient (Wildman–Crippen LogP) is 3.35. The second-order valence-corrected chi connectivity index (χ2v) is 5.80. The molecule has 0 unspecified atom stereocenters. The van der Waals surface area contributed by atoms with Crippen molar-refractivity contribution < 1.29 is 8.78 Å². The van der Waals surface area contributed by atoms with E-state index in [9.17, 15) is 8.78 Å². The third-order valence-corrected chi connectivity index (χ3v) is 3.72. The SMILES string of the molecule is CCNC(=NCCc1cc(F)ccc1F)NCCc1ccc(Cl)nc1. The van der Waals surface area contributed by atoms with Crippen LogP contribution in [0.25, 0.3) is 0 Å². The summed E-state index contributed by atoms with van der Waals surface area (Å²) in [6.07, 6.45) is 2.84. The molecule has 0 aliphatic heterocycles. The first-order valence-electron chi connectivity index (χ1n) is 8.15. The Morgan fingerprint density at radius 2 is 2.00 bits per heavy atom. The lowest BCUT2D eigenvalue weighted by Crippen LogP contribution is -2.38. The van der Waals surface area contributed by atoms with Crippen LogP contribution in [-0.4, -0.2) is 30.6 Å². The Hall–Kier alpha value is -2.21. The smallest absolute Gasteiger partial charge is 0.191 e. The van der Waals surface area contributed by atoms with Gasteiger partial charge >= 0.3 is 0 Å². The number of hydrogen-bond acceptors (Lipinski definition) is 2.